The van der Waals surface area contributed by atoms with Gasteiger partial charge >= 0.3 is 5.97 Å². The fourth-order valence-corrected chi connectivity index (χ4v) is 1.96. The average Bonchev–Trinajstić information content (AvgIpc) is 2.81. The van der Waals surface area contributed by atoms with E-state index in [0.29, 0.717) is 13.1 Å². The van der Waals surface area contributed by atoms with Crippen molar-refractivity contribution in [3.63, 3.8) is 0 Å². The summed E-state index contributed by atoms with van der Waals surface area (Å²) in [4.78, 5) is 15.4. The van der Waals surface area contributed by atoms with Gasteiger partial charge in [0.25, 0.3) is 0 Å². The standard InChI is InChI=1S/C14H17N3O2/c1-11-15-7-9-17(11)10-8-16-13(14(18)19)12-5-3-2-4-6-12/h2-7,9,13,16H,8,10H2,1H3,(H,18,19). The van der Waals surface area contributed by atoms with Crippen molar-refractivity contribution in [2.75, 3.05) is 6.54 Å². The van der Waals surface area contributed by atoms with Crippen LogP contribution in [-0.2, 0) is 11.3 Å². The van der Waals surface area contributed by atoms with Gasteiger partial charge in [-0.2, -0.15) is 0 Å². The van der Waals surface area contributed by atoms with Gasteiger partial charge in [0.05, 0.1) is 0 Å². The summed E-state index contributed by atoms with van der Waals surface area (Å²) in [5.74, 6) is 0.0574. The summed E-state index contributed by atoms with van der Waals surface area (Å²) in [6.07, 6.45) is 3.62. The Hall–Kier alpha value is -2.14. The van der Waals surface area contributed by atoms with Crippen LogP contribution in [0.25, 0.3) is 0 Å². The smallest absolute Gasteiger partial charge is 0.325 e. The number of aryl methyl sites for hydroxylation is 1. The van der Waals surface area contributed by atoms with Gasteiger partial charge in [-0.1, -0.05) is 30.3 Å². The Morgan fingerprint density at radius 2 is 2.16 bits per heavy atom. The largest absolute Gasteiger partial charge is 0.480 e. The van der Waals surface area contributed by atoms with Gasteiger partial charge in [0.1, 0.15) is 11.9 Å². The highest BCUT2D eigenvalue weighted by atomic mass is 16.4. The number of carboxylic acids is 1. The molecule has 0 aliphatic carbocycles. The van der Waals surface area contributed by atoms with Crippen molar-refractivity contribution in [2.45, 2.75) is 19.5 Å². The first-order chi connectivity index (χ1) is 9.18. The monoisotopic (exact) mass is 259 g/mol. The second kappa shape index (κ2) is 6.15. The lowest BCUT2D eigenvalue weighted by Gasteiger charge is -2.15. The maximum absolute atomic E-state index is 11.3. The Bertz CT molecular complexity index is 537. The van der Waals surface area contributed by atoms with Crippen molar-refractivity contribution in [1.29, 1.82) is 0 Å². The third kappa shape index (κ3) is 3.42. The maximum Gasteiger partial charge on any atom is 0.325 e. The van der Waals surface area contributed by atoms with Gasteiger partial charge in [-0.15, -0.1) is 0 Å². The number of carbonyl (C=O) groups is 1. The van der Waals surface area contributed by atoms with Crippen molar-refractivity contribution < 1.29 is 9.90 Å². The molecule has 0 bridgehead atoms. The molecule has 100 valence electrons. The summed E-state index contributed by atoms with van der Waals surface area (Å²) in [5, 5.41) is 12.3. The Labute approximate surface area is 111 Å². The molecule has 5 heteroatoms. The molecular formula is C14H17N3O2. The highest BCUT2D eigenvalue weighted by Gasteiger charge is 2.18. The maximum atomic E-state index is 11.3. The van der Waals surface area contributed by atoms with E-state index >= 15 is 0 Å². The van der Waals surface area contributed by atoms with E-state index < -0.39 is 12.0 Å². The number of nitrogens with one attached hydrogen (secondary N) is 1. The number of rotatable bonds is 6. The topological polar surface area (TPSA) is 67.2 Å². The molecule has 0 saturated heterocycles. The molecule has 5 nitrogen and oxygen atoms in total. The third-order valence-corrected chi connectivity index (χ3v) is 3.00. The molecule has 1 aromatic carbocycles. The van der Waals surface area contributed by atoms with E-state index in [9.17, 15) is 9.90 Å². The van der Waals surface area contributed by atoms with Gasteiger partial charge < -0.3 is 9.67 Å². The molecule has 1 aromatic heterocycles. The Morgan fingerprint density at radius 1 is 1.42 bits per heavy atom. The van der Waals surface area contributed by atoms with Crippen LogP contribution < -0.4 is 5.32 Å². The van der Waals surface area contributed by atoms with Gasteiger partial charge in [0.15, 0.2) is 0 Å². The summed E-state index contributed by atoms with van der Waals surface area (Å²) in [7, 11) is 0. The molecule has 0 saturated carbocycles. The SMILES string of the molecule is Cc1nccn1CCNC(C(=O)O)c1ccccc1. The molecule has 1 atom stereocenters. The van der Waals surface area contributed by atoms with Crippen LogP contribution in [0.3, 0.4) is 0 Å². The lowest BCUT2D eigenvalue weighted by molar-refractivity contribution is -0.139. The molecule has 1 unspecified atom stereocenters. The van der Waals surface area contributed by atoms with Crippen molar-refractivity contribution in [3.8, 4) is 0 Å². The fraction of sp³-hybridized carbons (Fsp3) is 0.286. The van der Waals surface area contributed by atoms with Gasteiger partial charge in [-0.25, -0.2) is 4.98 Å². The minimum Gasteiger partial charge on any atom is -0.480 e. The zero-order chi connectivity index (χ0) is 13.7. The van der Waals surface area contributed by atoms with Crippen LogP contribution in [0.1, 0.15) is 17.4 Å². The van der Waals surface area contributed by atoms with Crippen LogP contribution in [0.2, 0.25) is 0 Å². The number of hydrogen-bond acceptors (Lipinski definition) is 3. The second-order valence-electron chi connectivity index (χ2n) is 4.30. The first-order valence-corrected chi connectivity index (χ1v) is 6.17. The Balaban J connectivity index is 1.95. The first-order valence-electron chi connectivity index (χ1n) is 6.17. The molecule has 0 aliphatic heterocycles. The van der Waals surface area contributed by atoms with E-state index in [-0.39, 0.29) is 0 Å². The van der Waals surface area contributed by atoms with Crippen molar-refractivity contribution in [2.24, 2.45) is 0 Å². The number of benzene rings is 1. The molecule has 2 aromatic rings. The van der Waals surface area contributed by atoms with E-state index in [4.69, 9.17) is 0 Å². The Morgan fingerprint density at radius 3 is 2.74 bits per heavy atom. The molecule has 2 rings (SSSR count). The molecule has 0 aliphatic rings. The molecule has 0 spiro atoms. The molecule has 1 heterocycles. The quantitative estimate of drug-likeness (QED) is 0.827. The van der Waals surface area contributed by atoms with Crippen LogP contribution in [0.4, 0.5) is 0 Å². The molecule has 0 radical (unpaired) electrons. The van der Waals surface area contributed by atoms with Crippen LogP contribution in [0.5, 0.6) is 0 Å². The van der Waals surface area contributed by atoms with Crippen LogP contribution >= 0.6 is 0 Å². The van der Waals surface area contributed by atoms with Gasteiger partial charge in [0, 0.05) is 25.5 Å². The number of nitrogens with zero attached hydrogens (tertiary/aromatic N) is 2. The summed E-state index contributed by atoms with van der Waals surface area (Å²) in [5.41, 5.74) is 0.761. The summed E-state index contributed by atoms with van der Waals surface area (Å²) >= 11 is 0. The average molecular weight is 259 g/mol. The first kappa shape index (κ1) is 13.3. The zero-order valence-corrected chi connectivity index (χ0v) is 10.8. The van der Waals surface area contributed by atoms with Gasteiger partial charge in [0.2, 0.25) is 0 Å². The number of aromatic nitrogens is 2. The molecular weight excluding hydrogens is 242 g/mol. The lowest BCUT2D eigenvalue weighted by Crippen LogP contribution is -2.31. The van der Waals surface area contributed by atoms with E-state index in [1.165, 1.54) is 0 Å². The number of imidazole rings is 1. The normalized spacial score (nSPS) is 12.3. The molecule has 2 N–H and O–H groups in total. The van der Waals surface area contributed by atoms with Crippen LogP contribution in [0.15, 0.2) is 42.7 Å². The second-order valence-corrected chi connectivity index (χ2v) is 4.30. The molecule has 0 amide bonds. The summed E-state index contributed by atoms with van der Waals surface area (Å²) in [6, 6.07) is 8.50. The fourth-order valence-electron chi connectivity index (χ4n) is 1.96. The highest BCUT2D eigenvalue weighted by molar-refractivity contribution is 5.75. The minimum absolute atomic E-state index is 0.572. The third-order valence-electron chi connectivity index (χ3n) is 3.00. The molecule has 19 heavy (non-hydrogen) atoms. The van der Waals surface area contributed by atoms with Crippen LogP contribution in [-0.4, -0.2) is 27.2 Å². The number of carboxylic acid groups (broad SMARTS) is 1. The zero-order valence-electron chi connectivity index (χ0n) is 10.8. The van der Waals surface area contributed by atoms with Crippen molar-refractivity contribution in [1.82, 2.24) is 14.9 Å². The van der Waals surface area contributed by atoms with Gasteiger partial charge in [-0.3, -0.25) is 10.1 Å². The number of hydrogen-bond donors (Lipinski definition) is 2. The van der Waals surface area contributed by atoms with Crippen LogP contribution in [0, 0.1) is 6.92 Å². The van der Waals surface area contributed by atoms with Crippen molar-refractivity contribution in [3.05, 3.63) is 54.1 Å². The highest BCUT2D eigenvalue weighted by Crippen LogP contribution is 2.12. The summed E-state index contributed by atoms with van der Waals surface area (Å²) in [6.45, 7) is 3.19. The predicted molar refractivity (Wildman–Crippen MR) is 71.8 cm³/mol. The Kier molecular flexibility index (Phi) is 4.30. The van der Waals surface area contributed by atoms with E-state index in [1.54, 1.807) is 6.20 Å². The predicted octanol–water partition coefficient (Wildman–Crippen LogP) is 1.61. The minimum atomic E-state index is -0.867. The molecule has 0 fully saturated rings. The van der Waals surface area contributed by atoms with Gasteiger partial charge in [-0.05, 0) is 12.5 Å². The lowest BCUT2D eigenvalue weighted by atomic mass is 10.1. The summed E-state index contributed by atoms with van der Waals surface area (Å²) < 4.78 is 1.98. The van der Waals surface area contributed by atoms with E-state index in [2.05, 4.69) is 10.3 Å². The van der Waals surface area contributed by atoms with Crippen molar-refractivity contribution >= 4 is 5.97 Å². The number of aliphatic carboxylic acids is 1. The van der Waals surface area contributed by atoms with E-state index in [1.807, 2.05) is 48.0 Å². The van der Waals surface area contributed by atoms with E-state index in [0.717, 1.165) is 11.4 Å².